The van der Waals surface area contributed by atoms with E-state index in [2.05, 4.69) is 15.5 Å². The molecule has 0 spiro atoms. The number of aromatic nitrogens is 3. The lowest BCUT2D eigenvalue weighted by atomic mass is 10.2. The van der Waals surface area contributed by atoms with Gasteiger partial charge in [-0.1, -0.05) is 30.0 Å². The Morgan fingerprint density at radius 2 is 1.63 bits per heavy atom. The summed E-state index contributed by atoms with van der Waals surface area (Å²) in [6, 6.07) is 23.3. The topological polar surface area (TPSA) is 121 Å². The second-order valence-electron chi connectivity index (χ2n) is 7.31. The minimum atomic E-state index is -0.523. The standard InChI is InChI=1S/C25H23N5O4S/c1-33-20-11-13-21(14-12-20)34-15-22-28-29-25(30(22)19-5-3-2-4-6-19)35-16-23(31)27-18-9-7-17(8-10-18)24(26)32/h2-14H,15-16H2,1H3,(H2,26,32)(H,27,31). The molecule has 1 heterocycles. The molecule has 0 saturated heterocycles. The van der Waals surface area contributed by atoms with E-state index in [1.54, 1.807) is 31.4 Å². The summed E-state index contributed by atoms with van der Waals surface area (Å²) in [6.07, 6.45) is 0. The summed E-state index contributed by atoms with van der Waals surface area (Å²) in [5.41, 5.74) is 7.05. The number of methoxy groups -OCH3 is 1. The third-order valence-corrected chi connectivity index (χ3v) is 5.86. The van der Waals surface area contributed by atoms with Gasteiger partial charge in [-0.05, 0) is 60.7 Å². The monoisotopic (exact) mass is 489 g/mol. The van der Waals surface area contributed by atoms with Crippen LogP contribution in [0.25, 0.3) is 5.69 Å². The molecule has 4 aromatic rings. The number of ether oxygens (including phenoxy) is 2. The number of hydrogen-bond acceptors (Lipinski definition) is 7. The van der Waals surface area contributed by atoms with Crippen LogP contribution in [0.15, 0.2) is 84.0 Å². The van der Waals surface area contributed by atoms with Gasteiger partial charge in [0.2, 0.25) is 11.8 Å². The Bertz CT molecular complexity index is 1290. The van der Waals surface area contributed by atoms with Crippen molar-refractivity contribution in [3.8, 4) is 17.2 Å². The van der Waals surface area contributed by atoms with E-state index in [1.165, 1.54) is 11.8 Å². The molecular weight excluding hydrogens is 466 g/mol. The zero-order valence-corrected chi connectivity index (χ0v) is 19.7. The molecule has 35 heavy (non-hydrogen) atoms. The molecule has 0 unspecified atom stereocenters. The number of nitrogens with two attached hydrogens (primary N) is 1. The molecule has 0 fully saturated rings. The molecule has 0 bridgehead atoms. The van der Waals surface area contributed by atoms with Gasteiger partial charge in [0.1, 0.15) is 18.1 Å². The maximum atomic E-state index is 12.5. The fraction of sp³-hybridized carbons (Fsp3) is 0.120. The largest absolute Gasteiger partial charge is 0.497 e. The summed E-state index contributed by atoms with van der Waals surface area (Å²) < 4.78 is 12.9. The van der Waals surface area contributed by atoms with Gasteiger partial charge < -0.3 is 20.5 Å². The van der Waals surface area contributed by atoms with Crippen LogP contribution in [0.5, 0.6) is 11.5 Å². The summed E-state index contributed by atoms with van der Waals surface area (Å²) in [5.74, 6) is 1.37. The lowest BCUT2D eigenvalue weighted by Crippen LogP contribution is -2.15. The first-order valence-electron chi connectivity index (χ1n) is 10.6. The van der Waals surface area contributed by atoms with Crippen molar-refractivity contribution in [2.45, 2.75) is 11.8 Å². The third-order valence-electron chi connectivity index (χ3n) is 4.93. The lowest BCUT2D eigenvalue weighted by molar-refractivity contribution is -0.113. The van der Waals surface area contributed by atoms with Gasteiger partial charge in [-0.3, -0.25) is 14.2 Å². The first kappa shape index (κ1) is 23.8. The molecule has 0 aliphatic carbocycles. The molecule has 0 atom stereocenters. The van der Waals surface area contributed by atoms with E-state index in [-0.39, 0.29) is 18.3 Å². The van der Waals surface area contributed by atoms with E-state index < -0.39 is 5.91 Å². The highest BCUT2D eigenvalue weighted by molar-refractivity contribution is 7.99. The number of anilines is 1. The number of carbonyl (C=O) groups is 2. The number of carbonyl (C=O) groups excluding carboxylic acids is 2. The Labute approximate surface area is 206 Å². The van der Waals surface area contributed by atoms with Crippen LogP contribution in [0.3, 0.4) is 0 Å². The Morgan fingerprint density at radius 3 is 2.29 bits per heavy atom. The number of amides is 2. The number of primary amides is 1. The first-order chi connectivity index (χ1) is 17.0. The van der Waals surface area contributed by atoms with E-state index in [4.69, 9.17) is 15.2 Å². The average molecular weight is 490 g/mol. The number of hydrogen-bond donors (Lipinski definition) is 2. The van der Waals surface area contributed by atoms with Gasteiger partial charge in [0, 0.05) is 16.9 Å². The molecule has 4 rings (SSSR count). The van der Waals surface area contributed by atoms with Crippen LogP contribution < -0.4 is 20.5 Å². The minimum Gasteiger partial charge on any atom is -0.497 e. The maximum absolute atomic E-state index is 12.5. The normalized spacial score (nSPS) is 10.5. The van der Waals surface area contributed by atoms with Crippen molar-refractivity contribution in [2.75, 3.05) is 18.2 Å². The maximum Gasteiger partial charge on any atom is 0.248 e. The fourth-order valence-electron chi connectivity index (χ4n) is 3.19. The van der Waals surface area contributed by atoms with Gasteiger partial charge in [0.25, 0.3) is 0 Å². The Morgan fingerprint density at radius 1 is 0.943 bits per heavy atom. The molecule has 0 aliphatic rings. The van der Waals surface area contributed by atoms with E-state index in [0.29, 0.717) is 28.0 Å². The highest BCUT2D eigenvalue weighted by Crippen LogP contribution is 2.24. The third kappa shape index (κ3) is 6.18. The van der Waals surface area contributed by atoms with Gasteiger partial charge in [0.05, 0.1) is 12.9 Å². The average Bonchev–Trinajstić information content (AvgIpc) is 3.30. The van der Waals surface area contributed by atoms with Crippen LogP contribution in [0.2, 0.25) is 0 Å². The molecule has 0 radical (unpaired) electrons. The number of nitrogens with zero attached hydrogens (tertiary/aromatic N) is 3. The number of rotatable bonds is 10. The SMILES string of the molecule is COc1ccc(OCc2nnc(SCC(=O)Nc3ccc(C(N)=O)cc3)n2-c2ccccc2)cc1. The zero-order valence-electron chi connectivity index (χ0n) is 18.9. The van der Waals surface area contributed by atoms with Crippen molar-refractivity contribution in [3.05, 3.63) is 90.3 Å². The first-order valence-corrected chi connectivity index (χ1v) is 11.6. The van der Waals surface area contributed by atoms with Gasteiger partial charge in [-0.2, -0.15) is 0 Å². The van der Waals surface area contributed by atoms with Crippen molar-refractivity contribution in [3.63, 3.8) is 0 Å². The van der Waals surface area contributed by atoms with Gasteiger partial charge >= 0.3 is 0 Å². The quantitative estimate of drug-likeness (QED) is 0.326. The van der Waals surface area contributed by atoms with E-state index >= 15 is 0 Å². The predicted octanol–water partition coefficient (Wildman–Crippen LogP) is 3.68. The van der Waals surface area contributed by atoms with Crippen LogP contribution in [0, 0.1) is 0 Å². The van der Waals surface area contributed by atoms with E-state index in [1.807, 2.05) is 59.2 Å². The number of benzene rings is 3. The second-order valence-corrected chi connectivity index (χ2v) is 8.25. The van der Waals surface area contributed by atoms with Gasteiger partial charge in [-0.25, -0.2) is 0 Å². The van der Waals surface area contributed by atoms with Gasteiger partial charge in [0.15, 0.2) is 11.0 Å². The number of nitrogens with one attached hydrogen (secondary N) is 1. The highest BCUT2D eigenvalue weighted by Gasteiger charge is 2.17. The van der Waals surface area contributed by atoms with Crippen LogP contribution in [-0.2, 0) is 11.4 Å². The molecule has 178 valence electrons. The van der Waals surface area contributed by atoms with Crippen molar-refractivity contribution in [1.29, 1.82) is 0 Å². The molecular formula is C25H23N5O4S. The fourth-order valence-corrected chi connectivity index (χ4v) is 3.96. The molecule has 3 aromatic carbocycles. The molecule has 0 aliphatic heterocycles. The molecule has 3 N–H and O–H groups in total. The summed E-state index contributed by atoms with van der Waals surface area (Å²) in [6.45, 7) is 0.188. The van der Waals surface area contributed by atoms with Crippen molar-refractivity contribution < 1.29 is 19.1 Å². The molecule has 9 nitrogen and oxygen atoms in total. The zero-order chi connectivity index (χ0) is 24.6. The smallest absolute Gasteiger partial charge is 0.248 e. The van der Waals surface area contributed by atoms with E-state index in [0.717, 1.165) is 11.4 Å². The number of para-hydroxylation sites is 1. The molecule has 0 saturated carbocycles. The van der Waals surface area contributed by atoms with Crippen LogP contribution in [0.4, 0.5) is 5.69 Å². The summed E-state index contributed by atoms with van der Waals surface area (Å²) in [7, 11) is 1.61. The molecule has 1 aromatic heterocycles. The molecule has 10 heteroatoms. The van der Waals surface area contributed by atoms with Crippen LogP contribution >= 0.6 is 11.8 Å². The van der Waals surface area contributed by atoms with Crippen LogP contribution in [0.1, 0.15) is 16.2 Å². The Kier molecular flexibility index (Phi) is 7.63. The summed E-state index contributed by atoms with van der Waals surface area (Å²) >= 11 is 1.26. The van der Waals surface area contributed by atoms with Gasteiger partial charge in [-0.15, -0.1) is 10.2 Å². The lowest BCUT2D eigenvalue weighted by Gasteiger charge is -2.11. The highest BCUT2D eigenvalue weighted by atomic mass is 32.2. The summed E-state index contributed by atoms with van der Waals surface area (Å²) in [5, 5.41) is 11.9. The van der Waals surface area contributed by atoms with Crippen molar-refractivity contribution >= 4 is 29.3 Å². The minimum absolute atomic E-state index is 0.113. The Balaban J connectivity index is 1.45. The van der Waals surface area contributed by atoms with Crippen LogP contribution in [-0.4, -0.2) is 39.4 Å². The Hall–Kier alpha value is -4.31. The predicted molar refractivity (Wildman–Crippen MR) is 133 cm³/mol. The second kappa shape index (κ2) is 11.2. The van der Waals surface area contributed by atoms with E-state index in [9.17, 15) is 9.59 Å². The van der Waals surface area contributed by atoms with Crippen molar-refractivity contribution in [1.82, 2.24) is 14.8 Å². The molecule has 2 amide bonds. The van der Waals surface area contributed by atoms with Crippen molar-refractivity contribution in [2.24, 2.45) is 5.73 Å². The summed E-state index contributed by atoms with van der Waals surface area (Å²) in [4.78, 5) is 23.7. The number of thioether (sulfide) groups is 1.